The molecule has 0 atom stereocenters. The third-order valence-corrected chi connectivity index (χ3v) is 5.73. The maximum Gasteiger partial charge on any atom is 0.272 e. The molecule has 4 rings (SSSR count). The molecule has 0 radical (unpaired) electrons. The second-order valence-corrected chi connectivity index (χ2v) is 7.72. The Morgan fingerprint density at radius 1 is 1.16 bits per heavy atom. The molecule has 8 heteroatoms. The fourth-order valence-corrected chi connectivity index (χ4v) is 3.59. The van der Waals surface area contributed by atoms with Crippen LogP contribution in [0.2, 0.25) is 10.0 Å². The molecule has 0 bridgehead atoms. The lowest BCUT2D eigenvalue weighted by atomic mass is 10.0. The minimum absolute atomic E-state index is 0.336. The minimum Gasteiger partial charge on any atom is -0.269 e. The summed E-state index contributed by atoms with van der Waals surface area (Å²) in [7, 11) is 0. The average Bonchev–Trinajstić information content (AvgIpc) is 3.14. The Morgan fingerprint density at radius 3 is 2.71 bits per heavy atom. The maximum absolute atomic E-state index is 13.0. The van der Waals surface area contributed by atoms with Crippen molar-refractivity contribution in [1.29, 1.82) is 0 Å². The summed E-state index contributed by atoms with van der Waals surface area (Å²) >= 11 is 12.2. The van der Waals surface area contributed by atoms with Crippen LogP contribution < -0.4 is 5.43 Å². The zero-order valence-corrected chi connectivity index (χ0v) is 18.4. The molecule has 2 aromatic carbocycles. The highest BCUT2D eigenvalue weighted by molar-refractivity contribution is 6.42. The number of hydrazone groups is 1. The molecule has 4 aromatic rings. The van der Waals surface area contributed by atoms with E-state index in [0.29, 0.717) is 26.8 Å². The van der Waals surface area contributed by atoms with E-state index < -0.39 is 0 Å². The van der Waals surface area contributed by atoms with Gasteiger partial charge in [0.05, 0.1) is 39.2 Å². The fourth-order valence-electron chi connectivity index (χ4n) is 3.29. The number of nitrogens with zero attached hydrogens (tertiary/aromatic N) is 4. The number of aryl methyl sites for hydroxylation is 1. The van der Waals surface area contributed by atoms with Crippen molar-refractivity contribution in [3.63, 3.8) is 0 Å². The van der Waals surface area contributed by atoms with Crippen molar-refractivity contribution in [2.45, 2.75) is 20.4 Å². The summed E-state index contributed by atoms with van der Waals surface area (Å²) in [5.41, 5.74) is 6.98. The van der Waals surface area contributed by atoms with E-state index in [1.807, 2.05) is 48.9 Å². The Labute approximate surface area is 189 Å². The number of carbonyl (C=O) groups excluding carboxylic acids is 1. The predicted octanol–water partition coefficient (Wildman–Crippen LogP) is 5.50. The molecule has 0 unspecified atom stereocenters. The van der Waals surface area contributed by atoms with Gasteiger partial charge in [-0.15, -0.1) is 0 Å². The number of nitrogens with one attached hydrogen (secondary N) is 1. The van der Waals surface area contributed by atoms with Crippen molar-refractivity contribution in [3.8, 4) is 11.3 Å². The van der Waals surface area contributed by atoms with Crippen LogP contribution in [0.5, 0.6) is 0 Å². The first kappa shape index (κ1) is 21.0. The summed E-state index contributed by atoms with van der Waals surface area (Å²) in [5, 5.41) is 10.0. The molecule has 31 heavy (non-hydrogen) atoms. The first-order valence-corrected chi connectivity index (χ1v) is 10.4. The summed E-state index contributed by atoms with van der Waals surface area (Å²) in [6.45, 7) is 4.74. The van der Waals surface area contributed by atoms with E-state index in [0.717, 1.165) is 28.8 Å². The summed E-state index contributed by atoms with van der Waals surface area (Å²) in [4.78, 5) is 17.7. The average molecular weight is 452 g/mol. The number of hydrogen-bond donors (Lipinski definition) is 1. The van der Waals surface area contributed by atoms with E-state index in [1.165, 1.54) is 0 Å². The van der Waals surface area contributed by atoms with Crippen LogP contribution in [0, 0.1) is 6.92 Å². The van der Waals surface area contributed by atoms with E-state index in [4.69, 9.17) is 23.2 Å². The molecule has 0 saturated heterocycles. The third-order valence-electron chi connectivity index (χ3n) is 4.99. The van der Waals surface area contributed by atoms with Gasteiger partial charge in [0.2, 0.25) is 0 Å². The number of para-hydroxylation sites is 1. The maximum atomic E-state index is 13.0. The standard InChI is InChI=1S/C23H19Cl2N5O/c1-3-30-14(2)16(13-27-30)12-26-29-23(31)18-11-22(15-8-9-19(24)20(25)10-15)28-21-7-5-4-6-17(18)21/h4-13H,3H2,1-2H3,(H,29,31)/b26-12-. The number of halogens is 2. The van der Waals surface area contributed by atoms with Crippen molar-refractivity contribution in [1.82, 2.24) is 20.2 Å². The van der Waals surface area contributed by atoms with Crippen molar-refractivity contribution in [2.24, 2.45) is 5.10 Å². The van der Waals surface area contributed by atoms with Crippen LogP contribution in [-0.4, -0.2) is 26.9 Å². The molecule has 0 saturated carbocycles. The van der Waals surface area contributed by atoms with Gasteiger partial charge in [-0.1, -0.05) is 47.5 Å². The van der Waals surface area contributed by atoms with E-state index >= 15 is 0 Å². The predicted molar refractivity (Wildman–Crippen MR) is 125 cm³/mol. The van der Waals surface area contributed by atoms with Crippen LogP contribution in [0.15, 0.2) is 59.8 Å². The first-order valence-electron chi connectivity index (χ1n) is 9.69. The number of carbonyl (C=O) groups is 1. The Morgan fingerprint density at radius 2 is 1.97 bits per heavy atom. The highest BCUT2D eigenvalue weighted by Gasteiger charge is 2.14. The molecule has 0 aliphatic heterocycles. The Kier molecular flexibility index (Phi) is 6.02. The van der Waals surface area contributed by atoms with Crippen LogP contribution in [0.1, 0.15) is 28.5 Å². The number of benzene rings is 2. The number of rotatable bonds is 5. The van der Waals surface area contributed by atoms with Gasteiger partial charge in [0.25, 0.3) is 5.91 Å². The van der Waals surface area contributed by atoms with Gasteiger partial charge in [0.1, 0.15) is 0 Å². The van der Waals surface area contributed by atoms with Crippen molar-refractivity contribution < 1.29 is 4.79 Å². The lowest BCUT2D eigenvalue weighted by molar-refractivity contribution is 0.0956. The molecule has 0 spiro atoms. The third kappa shape index (κ3) is 4.31. The molecule has 0 fully saturated rings. The molecule has 2 heterocycles. The highest BCUT2D eigenvalue weighted by atomic mass is 35.5. The van der Waals surface area contributed by atoms with Gasteiger partial charge < -0.3 is 0 Å². The van der Waals surface area contributed by atoms with Gasteiger partial charge in [0.15, 0.2) is 0 Å². The Bertz CT molecular complexity index is 1310. The molecule has 0 aliphatic carbocycles. The number of pyridine rings is 1. The SMILES string of the molecule is CCn1ncc(/C=N\NC(=O)c2cc(-c3ccc(Cl)c(Cl)c3)nc3ccccc23)c1C. The van der Waals surface area contributed by atoms with Crippen molar-refractivity contribution in [3.05, 3.63) is 81.6 Å². The second kappa shape index (κ2) is 8.88. The fraction of sp³-hybridized carbons (Fsp3) is 0.130. The molecule has 0 aliphatic rings. The molecule has 156 valence electrons. The summed E-state index contributed by atoms with van der Waals surface area (Å²) in [6, 6.07) is 14.4. The van der Waals surface area contributed by atoms with Gasteiger partial charge in [0, 0.05) is 28.8 Å². The number of hydrogen-bond acceptors (Lipinski definition) is 4. The van der Waals surface area contributed by atoms with E-state index in [2.05, 4.69) is 20.6 Å². The number of aromatic nitrogens is 3. The zero-order valence-electron chi connectivity index (χ0n) is 16.9. The summed E-state index contributed by atoms with van der Waals surface area (Å²) < 4.78 is 1.86. The zero-order chi connectivity index (χ0) is 22.0. The van der Waals surface area contributed by atoms with E-state index in [9.17, 15) is 4.79 Å². The Hall–Kier alpha value is -3.22. The van der Waals surface area contributed by atoms with Gasteiger partial charge in [-0.2, -0.15) is 10.2 Å². The van der Waals surface area contributed by atoms with Crippen molar-refractivity contribution >= 4 is 46.2 Å². The molecule has 6 nitrogen and oxygen atoms in total. The molecular formula is C23H19Cl2N5O. The number of amides is 1. The molecule has 2 aromatic heterocycles. The quantitative estimate of drug-likeness (QED) is 0.321. The first-order chi connectivity index (χ1) is 15.0. The lowest BCUT2D eigenvalue weighted by Gasteiger charge is -2.09. The largest absolute Gasteiger partial charge is 0.272 e. The smallest absolute Gasteiger partial charge is 0.269 e. The van der Waals surface area contributed by atoms with Gasteiger partial charge in [-0.25, -0.2) is 10.4 Å². The normalized spacial score (nSPS) is 11.4. The van der Waals surface area contributed by atoms with Gasteiger partial charge in [-0.05, 0) is 38.1 Å². The van der Waals surface area contributed by atoms with Gasteiger partial charge in [-0.3, -0.25) is 9.48 Å². The molecular weight excluding hydrogens is 433 g/mol. The van der Waals surface area contributed by atoms with E-state index in [1.54, 1.807) is 30.6 Å². The monoisotopic (exact) mass is 451 g/mol. The van der Waals surface area contributed by atoms with Crippen LogP contribution in [0.3, 0.4) is 0 Å². The topological polar surface area (TPSA) is 72.2 Å². The van der Waals surface area contributed by atoms with Crippen LogP contribution in [0.25, 0.3) is 22.2 Å². The second-order valence-electron chi connectivity index (χ2n) is 6.90. The summed E-state index contributed by atoms with van der Waals surface area (Å²) in [6.07, 6.45) is 3.31. The summed E-state index contributed by atoms with van der Waals surface area (Å²) in [5.74, 6) is -0.336. The highest BCUT2D eigenvalue weighted by Crippen LogP contribution is 2.30. The van der Waals surface area contributed by atoms with Crippen LogP contribution in [0.4, 0.5) is 0 Å². The van der Waals surface area contributed by atoms with Crippen LogP contribution >= 0.6 is 23.2 Å². The van der Waals surface area contributed by atoms with E-state index in [-0.39, 0.29) is 5.91 Å². The number of fused-ring (bicyclic) bond motifs is 1. The molecule has 1 amide bonds. The molecule has 1 N–H and O–H groups in total. The van der Waals surface area contributed by atoms with Gasteiger partial charge >= 0.3 is 0 Å². The lowest BCUT2D eigenvalue weighted by Crippen LogP contribution is -2.18. The minimum atomic E-state index is -0.336. The van der Waals surface area contributed by atoms with Crippen molar-refractivity contribution in [2.75, 3.05) is 0 Å². The van der Waals surface area contributed by atoms with Crippen LogP contribution in [-0.2, 0) is 6.54 Å². The Balaban J connectivity index is 1.68.